The zero-order valence-electron chi connectivity index (χ0n) is 9.04. The molecule has 1 aromatic heterocycles. The molecule has 0 spiro atoms. The zero-order valence-corrected chi connectivity index (χ0v) is 9.04. The lowest BCUT2D eigenvalue weighted by Crippen LogP contribution is -2.35. The van der Waals surface area contributed by atoms with Gasteiger partial charge in [0.2, 0.25) is 5.27 Å². The van der Waals surface area contributed by atoms with Gasteiger partial charge in [0.1, 0.15) is 0 Å². The second-order valence-corrected chi connectivity index (χ2v) is 3.50. The molecule has 2 aromatic rings. The molecule has 17 heavy (non-hydrogen) atoms. The van der Waals surface area contributed by atoms with Gasteiger partial charge in [-0.3, -0.25) is 9.84 Å². The van der Waals surface area contributed by atoms with E-state index in [1.807, 2.05) is 30.3 Å². The van der Waals surface area contributed by atoms with Gasteiger partial charge in [-0.2, -0.15) is 0 Å². The minimum absolute atomic E-state index is 0.116. The molecule has 1 amide bonds. The van der Waals surface area contributed by atoms with Crippen LogP contribution in [-0.4, -0.2) is 16.5 Å². The van der Waals surface area contributed by atoms with Crippen molar-refractivity contribution in [2.24, 2.45) is 0 Å². The van der Waals surface area contributed by atoms with E-state index >= 15 is 0 Å². The number of carbonyl (C=O) groups is 1. The Bertz CT molecular complexity index is 496. The van der Waals surface area contributed by atoms with E-state index in [1.165, 1.54) is 11.8 Å². The minimum atomic E-state index is -1.17. The van der Waals surface area contributed by atoms with Gasteiger partial charge in [-0.1, -0.05) is 35.0 Å². The first-order chi connectivity index (χ1) is 8.24. The van der Waals surface area contributed by atoms with Crippen LogP contribution in [0.5, 0.6) is 0 Å². The molecule has 6 nitrogen and oxygen atoms in total. The van der Waals surface area contributed by atoms with Crippen LogP contribution in [0.4, 0.5) is 10.7 Å². The Morgan fingerprint density at radius 1 is 1.41 bits per heavy atom. The fourth-order valence-corrected chi connectivity index (χ4v) is 1.43. The first-order valence-electron chi connectivity index (χ1n) is 5.14. The van der Waals surface area contributed by atoms with Crippen molar-refractivity contribution in [1.82, 2.24) is 5.27 Å². The van der Waals surface area contributed by atoms with Gasteiger partial charge in [0.05, 0.1) is 0 Å². The number of rotatable bonds is 4. The summed E-state index contributed by atoms with van der Waals surface area (Å²) in [5, 5.41) is 14.3. The van der Waals surface area contributed by atoms with Crippen molar-refractivity contribution < 1.29 is 19.1 Å². The van der Waals surface area contributed by atoms with E-state index in [-0.39, 0.29) is 5.88 Å². The van der Waals surface area contributed by atoms with Crippen LogP contribution in [0.3, 0.4) is 0 Å². The standard InChI is InChI=1S/C11H11N3O3/c15-11(16)12-10-8-14(13-17-10)7-6-9-4-2-1-3-5-9/h1-5,8H,6-7H2,(H-,12,13,15,16)/p+1. The Morgan fingerprint density at radius 2 is 2.18 bits per heavy atom. The molecule has 0 aliphatic carbocycles. The molecule has 6 heteroatoms. The van der Waals surface area contributed by atoms with Crippen molar-refractivity contribution in [1.29, 1.82) is 0 Å². The van der Waals surface area contributed by atoms with Gasteiger partial charge in [-0.05, 0) is 5.56 Å². The molecule has 0 aliphatic heterocycles. The topological polar surface area (TPSA) is 79.2 Å². The van der Waals surface area contributed by atoms with Gasteiger partial charge < -0.3 is 5.11 Å². The maximum Gasteiger partial charge on any atom is 0.411 e. The van der Waals surface area contributed by atoms with E-state index in [0.717, 1.165) is 6.42 Å². The summed E-state index contributed by atoms with van der Waals surface area (Å²) in [5.74, 6) is 0.116. The average Bonchev–Trinajstić information content (AvgIpc) is 2.75. The Kier molecular flexibility index (Phi) is 3.34. The summed E-state index contributed by atoms with van der Waals surface area (Å²) < 4.78 is 6.34. The Labute approximate surface area is 97.5 Å². The van der Waals surface area contributed by atoms with Crippen molar-refractivity contribution in [3.8, 4) is 0 Å². The molecule has 0 saturated heterocycles. The highest BCUT2D eigenvalue weighted by atomic mass is 16.5. The van der Waals surface area contributed by atoms with Crippen LogP contribution in [0, 0.1) is 0 Å². The summed E-state index contributed by atoms with van der Waals surface area (Å²) in [5.41, 5.74) is 1.19. The highest BCUT2D eigenvalue weighted by Crippen LogP contribution is 2.01. The number of nitrogens with one attached hydrogen (secondary N) is 1. The Balaban J connectivity index is 1.91. The normalized spacial score (nSPS) is 10.1. The van der Waals surface area contributed by atoms with Gasteiger partial charge in [0.15, 0.2) is 6.54 Å². The highest BCUT2D eigenvalue weighted by molar-refractivity contribution is 5.80. The van der Waals surface area contributed by atoms with E-state index < -0.39 is 6.09 Å². The zero-order chi connectivity index (χ0) is 12.1. The third-order valence-electron chi connectivity index (χ3n) is 2.21. The molecule has 0 radical (unpaired) electrons. The lowest BCUT2D eigenvalue weighted by Gasteiger charge is -1.93. The van der Waals surface area contributed by atoms with Crippen LogP contribution in [0.15, 0.2) is 41.1 Å². The molecule has 0 saturated carbocycles. The van der Waals surface area contributed by atoms with Gasteiger partial charge in [-0.15, -0.1) is 0 Å². The minimum Gasteiger partial charge on any atom is -0.465 e. The fourth-order valence-electron chi connectivity index (χ4n) is 1.43. The number of aryl methyl sites for hydroxylation is 2. The van der Waals surface area contributed by atoms with Crippen LogP contribution in [0.25, 0.3) is 0 Å². The second kappa shape index (κ2) is 5.11. The summed E-state index contributed by atoms with van der Waals surface area (Å²) in [4.78, 5) is 10.3. The van der Waals surface area contributed by atoms with E-state index in [1.54, 1.807) is 4.68 Å². The molecule has 2 rings (SSSR count). The maximum absolute atomic E-state index is 10.3. The smallest absolute Gasteiger partial charge is 0.411 e. The largest absolute Gasteiger partial charge is 0.465 e. The summed E-state index contributed by atoms with van der Waals surface area (Å²) in [6.45, 7) is 0.634. The highest BCUT2D eigenvalue weighted by Gasteiger charge is 2.12. The van der Waals surface area contributed by atoms with Crippen LogP contribution in [0.1, 0.15) is 5.56 Å². The lowest BCUT2D eigenvalue weighted by molar-refractivity contribution is -0.761. The number of aromatic nitrogens is 2. The Morgan fingerprint density at radius 3 is 2.88 bits per heavy atom. The summed E-state index contributed by atoms with van der Waals surface area (Å²) in [6, 6.07) is 9.95. The molecule has 0 fully saturated rings. The second-order valence-electron chi connectivity index (χ2n) is 3.50. The van der Waals surface area contributed by atoms with Crippen molar-refractivity contribution >= 4 is 12.0 Å². The van der Waals surface area contributed by atoms with Crippen LogP contribution < -0.4 is 10.00 Å². The summed E-state index contributed by atoms with van der Waals surface area (Å²) >= 11 is 0. The van der Waals surface area contributed by atoms with E-state index in [2.05, 4.69) is 10.6 Å². The number of hydrogen-bond donors (Lipinski definition) is 2. The van der Waals surface area contributed by atoms with Gasteiger partial charge in [0, 0.05) is 6.42 Å². The van der Waals surface area contributed by atoms with Crippen molar-refractivity contribution in [2.75, 3.05) is 5.32 Å². The molecule has 88 valence electrons. The molecule has 0 aliphatic rings. The van der Waals surface area contributed by atoms with Crippen LogP contribution >= 0.6 is 0 Å². The van der Waals surface area contributed by atoms with Crippen molar-refractivity contribution in [3.05, 3.63) is 42.1 Å². The SMILES string of the molecule is O=C(O)Nc1c[n+](CCc2ccccc2)no1. The molecule has 2 N–H and O–H groups in total. The number of hydrogen-bond acceptors (Lipinski definition) is 3. The third-order valence-corrected chi connectivity index (χ3v) is 2.21. The van der Waals surface area contributed by atoms with Crippen molar-refractivity contribution in [2.45, 2.75) is 13.0 Å². The predicted molar refractivity (Wildman–Crippen MR) is 58.5 cm³/mol. The van der Waals surface area contributed by atoms with E-state index in [9.17, 15) is 4.79 Å². The fraction of sp³-hybridized carbons (Fsp3) is 0.182. The molecule has 0 bridgehead atoms. The lowest BCUT2D eigenvalue weighted by atomic mass is 10.1. The molecular weight excluding hydrogens is 222 g/mol. The van der Waals surface area contributed by atoms with Crippen LogP contribution in [-0.2, 0) is 13.0 Å². The number of nitrogens with zero attached hydrogens (tertiary/aromatic N) is 2. The first kappa shape index (κ1) is 11.1. The molecule has 1 heterocycles. The van der Waals surface area contributed by atoms with Gasteiger partial charge in [0.25, 0.3) is 6.20 Å². The van der Waals surface area contributed by atoms with Crippen molar-refractivity contribution in [3.63, 3.8) is 0 Å². The number of carboxylic acid groups (broad SMARTS) is 1. The van der Waals surface area contributed by atoms with Gasteiger partial charge in [-0.25, -0.2) is 4.79 Å². The molecular formula is C11H12N3O3+. The van der Waals surface area contributed by atoms with Gasteiger partial charge >= 0.3 is 12.0 Å². The molecule has 0 unspecified atom stereocenters. The summed E-state index contributed by atoms with van der Waals surface area (Å²) in [7, 11) is 0. The predicted octanol–water partition coefficient (Wildman–Crippen LogP) is 1.29. The van der Waals surface area contributed by atoms with E-state index in [0.29, 0.717) is 6.54 Å². The first-order valence-corrected chi connectivity index (χ1v) is 5.14. The molecule has 1 aromatic carbocycles. The number of benzene rings is 1. The number of amides is 1. The van der Waals surface area contributed by atoms with Crippen LogP contribution in [0.2, 0.25) is 0 Å². The Hall–Kier alpha value is -2.37. The maximum atomic E-state index is 10.3. The summed E-state index contributed by atoms with van der Waals surface area (Å²) in [6.07, 6.45) is 1.15. The molecule has 0 atom stereocenters. The van der Waals surface area contributed by atoms with E-state index in [4.69, 9.17) is 9.63 Å². The average molecular weight is 234 g/mol. The monoisotopic (exact) mass is 234 g/mol. The quantitative estimate of drug-likeness (QED) is 0.781. The third kappa shape index (κ3) is 3.30. The number of anilines is 1.